The Morgan fingerprint density at radius 2 is 1.69 bits per heavy atom. The van der Waals surface area contributed by atoms with E-state index in [1.54, 1.807) is 30.3 Å². The Kier molecular flexibility index (Phi) is 7.53. The number of amides is 1. The van der Waals surface area contributed by atoms with Gasteiger partial charge in [0.25, 0.3) is 5.91 Å². The lowest BCUT2D eigenvalue weighted by molar-refractivity contribution is 0.0951. The molecule has 1 amide bonds. The summed E-state index contributed by atoms with van der Waals surface area (Å²) in [5.74, 6) is 0.574. The summed E-state index contributed by atoms with van der Waals surface area (Å²) in [6, 6.07) is 21.9. The fourth-order valence-electron chi connectivity index (χ4n) is 3.31. The largest absolute Gasteiger partial charge is 0.494 e. The molecule has 3 aromatic rings. The van der Waals surface area contributed by atoms with Crippen molar-refractivity contribution in [2.75, 3.05) is 17.2 Å². The maximum Gasteiger partial charge on any atom is 0.251 e. The summed E-state index contributed by atoms with van der Waals surface area (Å²) in [4.78, 5) is 12.5. The van der Waals surface area contributed by atoms with Crippen molar-refractivity contribution in [3.8, 4) is 5.75 Å². The van der Waals surface area contributed by atoms with E-state index >= 15 is 0 Å². The van der Waals surface area contributed by atoms with Crippen LogP contribution in [-0.4, -0.2) is 27.2 Å². The highest BCUT2D eigenvalue weighted by atomic mass is 32.2. The number of nitrogens with one attached hydrogen (secondary N) is 1. The number of hydrogen-bond donors (Lipinski definition) is 1. The summed E-state index contributed by atoms with van der Waals surface area (Å²) < 4.78 is 31.6. The molecule has 0 aliphatic rings. The number of anilines is 1. The number of ether oxygens (including phenoxy) is 1. The normalized spacial score (nSPS) is 11.1. The first-order valence-electron chi connectivity index (χ1n) is 10.4. The summed E-state index contributed by atoms with van der Waals surface area (Å²) in [6.45, 7) is 5.01. The van der Waals surface area contributed by atoms with E-state index in [1.165, 1.54) is 10.6 Å². The second-order valence-corrected chi connectivity index (χ2v) is 9.48. The van der Waals surface area contributed by atoms with Crippen LogP contribution in [0.25, 0.3) is 0 Å². The predicted octanol–water partition coefficient (Wildman–Crippen LogP) is 4.29. The molecule has 0 saturated heterocycles. The van der Waals surface area contributed by atoms with Gasteiger partial charge in [0, 0.05) is 12.1 Å². The van der Waals surface area contributed by atoms with Crippen molar-refractivity contribution in [3.05, 3.63) is 95.1 Å². The van der Waals surface area contributed by atoms with Crippen LogP contribution >= 0.6 is 0 Å². The third kappa shape index (κ3) is 6.34. The smallest absolute Gasteiger partial charge is 0.251 e. The number of carbonyl (C=O) groups is 1. The van der Waals surface area contributed by atoms with E-state index in [4.69, 9.17) is 4.74 Å². The minimum absolute atomic E-state index is 0.189. The van der Waals surface area contributed by atoms with E-state index in [0.717, 1.165) is 22.4 Å². The van der Waals surface area contributed by atoms with E-state index in [9.17, 15) is 13.2 Å². The molecule has 7 heteroatoms. The molecule has 0 saturated carbocycles. The first-order valence-corrected chi connectivity index (χ1v) is 12.2. The van der Waals surface area contributed by atoms with Gasteiger partial charge in [-0.3, -0.25) is 9.10 Å². The van der Waals surface area contributed by atoms with Crippen LogP contribution in [0, 0.1) is 6.92 Å². The third-order valence-corrected chi connectivity index (χ3v) is 6.04. The molecule has 0 aliphatic carbocycles. The van der Waals surface area contributed by atoms with Gasteiger partial charge in [-0.2, -0.15) is 0 Å². The van der Waals surface area contributed by atoms with Gasteiger partial charge in [-0.15, -0.1) is 0 Å². The fourth-order valence-corrected chi connectivity index (χ4v) is 4.19. The Hall–Kier alpha value is -3.32. The lowest BCUT2D eigenvalue weighted by Crippen LogP contribution is -2.29. The summed E-state index contributed by atoms with van der Waals surface area (Å²) in [6.07, 6.45) is 1.19. The molecule has 3 aromatic carbocycles. The molecular weight excluding hydrogens is 424 g/mol. The average molecular weight is 453 g/mol. The van der Waals surface area contributed by atoms with Gasteiger partial charge >= 0.3 is 0 Å². The van der Waals surface area contributed by atoms with Crippen LogP contribution in [0.4, 0.5) is 5.69 Å². The lowest BCUT2D eigenvalue weighted by atomic mass is 10.1. The Morgan fingerprint density at radius 1 is 0.969 bits per heavy atom. The molecule has 3 rings (SSSR count). The van der Waals surface area contributed by atoms with Gasteiger partial charge < -0.3 is 10.1 Å². The standard InChI is InChI=1S/C25H28N2O4S/c1-4-31-24-10-6-8-21(16-24)17-26-25(28)22-13-11-20(12-14-22)18-27(32(3,29)30)23-9-5-7-19(2)15-23/h5-16H,4,17-18H2,1-3H3,(H,26,28). The Balaban J connectivity index is 1.67. The quantitative estimate of drug-likeness (QED) is 0.526. The van der Waals surface area contributed by atoms with Crippen molar-refractivity contribution in [1.29, 1.82) is 0 Å². The second-order valence-electron chi connectivity index (χ2n) is 7.57. The monoisotopic (exact) mass is 452 g/mol. The van der Waals surface area contributed by atoms with Crippen LogP contribution in [-0.2, 0) is 23.1 Å². The van der Waals surface area contributed by atoms with Crippen molar-refractivity contribution in [2.45, 2.75) is 26.9 Å². The van der Waals surface area contributed by atoms with Gasteiger partial charge in [0.1, 0.15) is 5.75 Å². The Morgan fingerprint density at radius 3 is 2.34 bits per heavy atom. The molecule has 0 radical (unpaired) electrons. The molecule has 0 aromatic heterocycles. The molecule has 0 fully saturated rings. The van der Waals surface area contributed by atoms with Crippen LogP contribution in [0.15, 0.2) is 72.8 Å². The van der Waals surface area contributed by atoms with Crippen LogP contribution in [0.5, 0.6) is 5.75 Å². The number of aryl methyl sites for hydroxylation is 1. The molecular formula is C25H28N2O4S. The van der Waals surface area contributed by atoms with Crippen LogP contribution in [0.3, 0.4) is 0 Å². The van der Waals surface area contributed by atoms with Gasteiger partial charge in [0.05, 0.1) is 25.1 Å². The first kappa shape index (κ1) is 23.3. The van der Waals surface area contributed by atoms with E-state index in [-0.39, 0.29) is 12.5 Å². The highest BCUT2D eigenvalue weighted by Crippen LogP contribution is 2.22. The van der Waals surface area contributed by atoms with E-state index in [2.05, 4.69) is 5.32 Å². The zero-order valence-electron chi connectivity index (χ0n) is 18.5. The van der Waals surface area contributed by atoms with E-state index in [1.807, 2.05) is 56.3 Å². The summed E-state index contributed by atoms with van der Waals surface area (Å²) in [5.41, 5.74) is 3.84. The lowest BCUT2D eigenvalue weighted by Gasteiger charge is -2.23. The second kappa shape index (κ2) is 10.3. The highest BCUT2D eigenvalue weighted by molar-refractivity contribution is 7.92. The number of hydrogen-bond acceptors (Lipinski definition) is 4. The molecule has 0 heterocycles. The zero-order chi connectivity index (χ0) is 23.1. The van der Waals surface area contributed by atoms with Crippen LogP contribution in [0.2, 0.25) is 0 Å². The molecule has 1 N–H and O–H groups in total. The average Bonchev–Trinajstić information content (AvgIpc) is 2.76. The molecule has 0 bridgehead atoms. The molecule has 168 valence electrons. The van der Waals surface area contributed by atoms with Gasteiger partial charge in [0.2, 0.25) is 10.0 Å². The maximum atomic E-state index is 12.5. The SMILES string of the molecule is CCOc1cccc(CNC(=O)c2ccc(CN(c3cccc(C)c3)S(C)(=O)=O)cc2)c1. The summed E-state index contributed by atoms with van der Waals surface area (Å²) in [7, 11) is -3.46. The number of carbonyl (C=O) groups excluding carboxylic acids is 1. The minimum atomic E-state index is -3.46. The fraction of sp³-hybridized carbons (Fsp3) is 0.240. The third-order valence-electron chi connectivity index (χ3n) is 4.89. The van der Waals surface area contributed by atoms with Crippen molar-refractivity contribution >= 4 is 21.6 Å². The van der Waals surface area contributed by atoms with Gasteiger partial charge in [-0.25, -0.2) is 8.42 Å². The number of benzene rings is 3. The van der Waals surface area contributed by atoms with E-state index < -0.39 is 10.0 Å². The van der Waals surface area contributed by atoms with Crippen molar-refractivity contribution in [2.24, 2.45) is 0 Å². The van der Waals surface area contributed by atoms with Crippen molar-refractivity contribution in [3.63, 3.8) is 0 Å². The van der Waals surface area contributed by atoms with Crippen molar-refractivity contribution in [1.82, 2.24) is 5.32 Å². The number of nitrogens with zero attached hydrogens (tertiary/aromatic N) is 1. The van der Waals surface area contributed by atoms with Crippen LogP contribution in [0.1, 0.15) is 34.0 Å². The van der Waals surface area contributed by atoms with Gasteiger partial charge in [0.15, 0.2) is 0 Å². The van der Waals surface area contributed by atoms with Gasteiger partial charge in [-0.1, -0.05) is 36.4 Å². The number of rotatable bonds is 9. The molecule has 0 aliphatic heterocycles. The first-order chi connectivity index (χ1) is 15.3. The van der Waals surface area contributed by atoms with E-state index in [0.29, 0.717) is 24.4 Å². The number of sulfonamides is 1. The highest BCUT2D eigenvalue weighted by Gasteiger charge is 2.18. The van der Waals surface area contributed by atoms with Gasteiger partial charge in [-0.05, 0) is 66.9 Å². The van der Waals surface area contributed by atoms with Crippen molar-refractivity contribution < 1.29 is 17.9 Å². The topological polar surface area (TPSA) is 75.7 Å². The summed E-state index contributed by atoms with van der Waals surface area (Å²) >= 11 is 0. The molecule has 0 unspecified atom stereocenters. The maximum absolute atomic E-state index is 12.5. The molecule has 32 heavy (non-hydrogen) atoms. The zero-order valence-corrected chi connectivity index (χ0v) is 19.4. The predicted molar refractivity (Wildman–Crippen MR) is 127 cm³/mol. The molecule has 0 spiro atoms. The minimum Gasteiger partial charge on any atom is -0.494 e. The summed E-state index contributed by atoms with van der Waals surface area (Å²) in [5, 5.41) is 2.90. The van der Waals surface area contributed by atoms with Crippen LogP contribution < -0.4 is 14.4 Å². The Labute approximate surface area is 189 Å². The molecule has 6 nitrogen and oxygen atoms in total. The molecule has 0 atom stereocenters. The Bertz CT molecular complexity index is 1170.